The van der Waals surface area contributed by atoms with Crippen molar-refractivity contribution in [1.29, 1.82) is 0 Å². The molecule has 0 amide bonds. The van der Waals surface area contributed by atoms with E-state index in [-0.39, 0.29) is 0 Å². The molecule has 0 unspecified atom stereocenters. The molecular weight excluding hydrogens is 164 g/mol. The van der Waals surface area contributed by atoms with E-state index in [1.165, 1.54) is 0 Å². The predicted octanol–water partition coefficient (Wildman–Crippen LogP) is -1.91. The van der Waals surface area contributed by atoms with Gasteiger partial charge in [0.2, 0.25) is 0 Å². The largest absolute Gasteiger partial charge is 0.480 e. The van der Waals surface area contributed by atoms with E-state index in [0.717, 1.165) is 0 Å². The Morgan fingerprint density at radius 1 is 1.00 bits per heavy atom. The first-order valence-electron chi connectivity index (χ1n) is 3.55. The van der Waals surface area contributed by atoms with Gasteiger partial charge in [0.05, 0.1) is 0 Å². The van der Waals surface area contributed by atoms with Crippen LogP contribution in [0.4, 0.5) is 0 Å². The maximum Gasteiger partial charge on any atom is 0.322 e. The summed E-state index contributed by atoms with van der Waals surface area (Å²) in [6, 6.07) is -2.06. The Labute approximate surface area is 68.6 Å². The highest BCUT2D eigenvalue weighted by atomic mass is 16.4. The third-order valence-electron chi connectivity index (χ3n) is 1.72. The molecule has 4 N–H and O–H groups in total. The average molecular weight is 174 g/mol. The van der Waals surface area contributed by atoms with Gasteiger partial charge in [-0.3, -0.25) is 9.59 Å². The Kier molecular flexibility index (Phi) is 2.61. The van der Waals surface area contributed by atoms with E-state index in [9.17, 15) is 9.59 Å². The number of hydrogen-bond acceptors (Lipinski definition) is 4. The number of carboxylic acids is 2. The first kappa shape index (κ1) is 8.95. The van der Waals surface area contributed by atoms with E-state index < -0.39 is 24.0 Å². The van der Waals surface area contributed by atoms with Gasteiger partial charge >= 0.3 is 11.9 Å². The van der Waals surface area contributed by atoms with Gasteiger partial charge in [-0.1, -0.05) is 0 Å². The summed E-state index contributed by atoms with van der Waals surface area (Å²) >= 11 is 0. The first-order chi connectivity index (χ1) is 5.63. The fraction of sp³-hybridized carbons (Fsp3) is 0.667. The molecule has 0 aromatic carbocycles. The molecule has 0 bridgehead atoms. The van der Waals surface area contributed by atoms with Crippen LogP contribution in [0.5, 0.6) is 0 Å². The standard InChI is InChI=1S/C6H10N2O4/c9-5(10)3-4(6(11)12)8-2-1-7-3/h3-4,7-8H,1-2H2,(H,9,10)(H,11,12)/t3-,4+. The highest BCUT2D eigenvalue weighted by Crippen LogP contribution is 1.98. The number of aliphatic carboxylic acids is 2. The Hall–Kier alpha value is -1.14. The minimum Gasteiger partial charge on any atom is -0.480 e. The third kappa shape index (κ3) is 1.72. The van der Waals surface area contributed by atoms with E-state index in [2.05, 4.69) is 10.6 Å². The van der Waals surface area contributed by atoms with Crippen molar-refractivity contribution < 1.29 is 19.8 Å². The zero-order valence-electron chi connectivity index (χ0n) is 6.28. The lowest BCUT2D eigenvalue weighted by molar-refractivity contribution is -0.149. The Bertz CT molecular complexity index is 184. The predicted molar refractivity (Wildman–Crippen MR) is 38.9 cm³/mol. The number of hydrogen-bond donors (Lipinski definition) is 4. The third-order valence-corrected chi connectivity index (χ3v) is 1.72. The molecule has 2 atom stereocenters. The molecule has 1 saturated heterocycles. The Morgan fingerprint density at radius 2 is 1.33 bits per heavy atom. The second-order valence-corrected chi connectivity index (χ2v) is 2.54. The second-order valence-electron chi connectivity index (χ2n) is 2.54. The molecule has 0 saturated carbocycles. The fourth-order valence-corrected chi connectivity index (χ4v) is 1.15. The smallest absolute Gasteiger partial charge is 0.322 e. The van der Waals surface area contributed by atoms with Crippen LogP contribution in [0.25, 0.3) is 0 Å². The minimum absolute atomic E-state index is 0.473. The molecule has 0 radical (unpaired) electrons. The molecule has 68 valence electrons. The number of nitrogens with one attached hydrogen (secondary N) is 2. The molecule has 6 nitrogen and oxygen atoms in total. The van der Waals surface area contributed by atoms with Gasteiger partial charge in [0, 0.05) is 13.1 Å². The van der Waals surface area contributed by atoms with E-state index in [1.54, 1.807) is 0 Å². The summed E-state index contributed by atoms with van der Waals surface area (Å²) < 4.78 is 0. The van der Waals surface area contributed by atoms with Gasteiger partial charge in [0.1, 0.15) is 12.1 Å². The lowest BCUT2D eigenvalue weighted by Crippen LogP contribution is -2.62. The molecule has 1 rings (SSSR count). The van der Waals surface area contributed by atoms with Crippen molar-refractivity contribution in [2.45, 2.75) is 12.1 Å². The summed E-state index contributed by atoms with van der Waals surface area (Å²) in [4.78, 5) is 21.0. The van der Waals surface area contributed by atoms with Gasteiger partial charge in [0.15, 0.2) is 0 Å². The highest BCUT2D eigenvalue weighted by molar-refractivity contribution is 5.85. The number of rotatable bonds is 2. The normalized spacial score (nSPS) is 29.7. The zero-order chi connectivity index (χ0) is 9.14. The van der Waals surface area contributed by atoms with Crippen LogP contribution in [0.3, 0.4) is 0 Å². The molecule has 1 aliphatic rings. The lowest BCUT2D eigenvalue weighted by atomic mass is 10.1. The van der Waals surface area contributed by atoms with Crippen molar-refractivity contribution in [3.63, 3.8) is 0 Å². The van der Waals surface area contributed by atoms with E-state index in [0.29, 0.717) is 13.1 Å². The van der Waals surface area contributed by atoms with Crippen LogP contribution in [0.15, 0.2) is 0 Å². The zero-order valence-corrected chi connectivity index (χ0v) is 6.28. The monoisotopic (exact) mass is 174 g/mol. The summed E-state index contributed by atoms with van der Waals surface area (Å²) in [5.41, 5.74) is 0. The van der Waals surface area contributed by atoms with Crippen molar-refractivity contribution in [2.75, 3.05) is 13.1 Å². The van der Waals surface area contributed by atoms with Crippen LogP contribution >= 0.6 is 0 Å². The maximum atomic E-state index is 10.5. The number of carboxylic acid groups (broad SMARTS) is 2. The molecule has 0 spiro atoms. The molecule has 12 heavy (non-hydrogen) atoms. The topological polar surface area (TPSA) is 98.7 Å². The Balaban J connectivity index is 2.67. The van der Waals surface area contributed by atoms with E-state index in [4.69, 9.17) is 10.2 Å². The van der Waals surface area contributed by atoms with Crippen LogP contribution in [0.2, 0.25) is 0 Å². The van der Waals surface area contributed by atoms with E-state index in [1.807, 2.05) is 0 Å². The van der Waals surface area contributed by atoms with Crippen LogP contribution in [-0.4, -0.2) is 47.3 Å². The summed E-state index contributed by atoms with van der Waals surface area (Å²) in [5, 5.41) is 22.4. The van der Waals surface area contributed by atoms with Crippen LogP contribution < -0.4 is 10.6 Å². The molecule has 0 aromatic rings. The highest BCUT2D eigenvalue weighted by Gasteiger charge is 2.35. The van der Waals surface area contributed by atoms with Crippen LogP contribution in [0, 0.1) is 0 Å². The quantitative estimate of drug-likeness (QED) is 0.390. The van der Waals surface area contributed by atoms with Crippen molar-refractivity contribution in [3.8, 4) is 0 Å². The van der Waals surface area contributed by atoms with E-state index >= 15 is 0 Å². The fourth-order valence-electron chi connectivity index (χ4n) is 1.15. The molecule has 1 fully saturated rings. The van der Waals surface area contributed by atoms with Gasteiger partial charge < -0.3 is 20.8 Å². The minimum atomic E-state index is -1.14. The first-order valence-corrected chi connectivity index (χ1v) is 3.55. The van der Waals surface area contributed by atoms with Gasteiger partial charge in [-0.2, -0.15) is 0 Å². The van der Waals surface area contributed by atoms with Gasteiger partial charge in [-0.05, 0) is 0 Å². The summed E-state index contributed by atoms with van der Waals surface area (Å²) in [5.74, 6) is -2.29. The molecule has 0 aromatic heterocycles. The summed E-state index contributed by atoms with van der Waals surface area (Å²) in [6.07, 6.45) is 0. The summed E-state index contributed by atoms with van der Waals surface area (Å²) in [7, 11) is 0. The molecule has 6 heteroatoms. The van der Waals surface area contributed by atoms with Crippen molar-refractivity contribution in [3.05, 3.63) is 0 Å². The maximum absolute atomic E-state index is 10.5. The molecular formula is C6H10N2O4. The van der Waals surface area contributed by atoms with Gasteiger partial charge in [0.25, 0.3) is 0 Å². The number of carbonyl (C=O) groups is 2. The van der Waals surface area contributed by atoms with Crippen molar-refractivity contribution in [2.24, 2.45) is 0 Å². The number of piperazine rings is 1. The van der Waals surface area contributed by atoms with Crippen molar-refractivity contribution in [1.82, 2.24) is 10.6 Å². The Morgan fingerprint density at radius 3 is 1.58 bits per heavy atom. The molecule has 0 aliphatic carbocycles. The van der Waals surface area contributed by atoms with Crippen molar-refractivity contribution >= 4 is 11.9 Å². The lowest BCUT2D eigenvalue weighted by Gasteiger charge is -2.27. The molecule has 1 aliphatic heterocycles. The molecule has 1 heterocycles. The van der Waals surface area contributed by atoms with Gasteiger partial charge in [-0.15, -0.1) is 0 Å². The summed E-state index contributed by atoms with van der Waals surface area (Å²) in [6.45, 7) is 0.946. The van der Waals surface area contributed by atoms with Crippen LogP contribution in [-0.2, 0) is 9.59 Å². The second kappa shape index (κ2) is 3.51. The van der Waals surface area contributed by atoms with Crippen LogP contribution in [0.1, 0.15) is 0 Å². The average Bonchev–Trinajstić information content (AvgIpc) is 2.04. The SMILES string of the molecule is O=C(O)[C@H]1NCCN[C@H]1C(=O)O. The van der Waals surface area contributed by atoms with Gasteiger partial charge in [-0.25, -0.2) is 0 Å².